The number of ether oxygens (including phenoxy) is 1. The van der Waals surface area contributed by atoms with Crippen molar-refractivity contribution in [3.05, 3.63) is 59.9 Å². The van der Waals surface area contributed by atoms with Gasteiger partial charge < -0.3 is 15.0 Å². The molecule has 29 heavy (non-hydrogen) atoms. The second-order valence-electron chi connectivity index (χ2n) is 7.86. The van der Waals surface area contributed by atoms with Crippen molar-refractivity contribution in [2.24, 2.45) is 0 Å². The van der Waals surface area contributed by atoms with Gasteiger partial charge >= 0.3 is 0 Å². The highest BCUT2D eigenvalue weighted by Crippen LogP contribution is 2.33. The highest BCUT2D eigenvalue weighted by atomic mass is 16.5. The summed E-state index contributed by atoms with van der Waals surface area (Å²) in [6.07, 6.45) is 6.45. The van der Waals surface area contributed by atoms with Crippen LogP contribution in [0, 0.1) is 0 Å². The molecule has 2 amide bonds. The summed E-state index contributed by atoms with van der Waals surface area (Å²) in [6, 6.07) is 13.4. The molecule has 0 radical (unpaired) electrons. The van der Waals surface area contributed by atoms with Gasteiger partial charge in [-0.2, -0.15) is 0 Å². The SMILES string of the molecule is COc1ccc(C[C@@H]2C[C@@H]3NC(=O)CCCC[C@H]3N2C(=O)c2ccccn2)cc1. The monoisotopic (exact) mass is 393 g/mol. The minimum Gasteiger partial charge on any atom is -0.497 e. The molecule has 6 heteroatoms. The topological polar surface area (TPSA) is 71.5 Å². The first-order valence-corrected chi connectivity index (χ1v) is 10.3. The number of carbonyl (C=O) groups is 2. The van der Waals surface area contributed by atoms with Gasteiger partial charge in [0.1, 0.15) is 11.4 Å². The molecular formula is C23H27N3O3. The lowest BCUT2D eigenvalue weighted by atomic mass is 9.97. The molecule has 6 nitrogen and oxygen atoms in total. The summed E-state index contributed by atoms with van der Waals surface area (Å²) in [5.41, 5.74) is 1.61. The lowest BCUT2D eigenvalue weighted by molar-refractivity contribution is -0.122. The van der Waals surface area contributed by atoms with Crippen LogP contribution in [0.4, 0.5) is 0 Å². The maximum absolute atomic E-state index is 13.4. The van der Waals surface area contributed by atoms with E-state index in [1.807, 2.05) is 41.3 Å². The van der Waals surface area contributed by atoms with Crippen LogP contribution in [0.2, 0.25) is 0 Å². The van der Waals surface area contributed by atoms with Crippen LogP contribution in [0.5, 0.6) is 5.75 Å². The van der Waals surface area contributed by atoms with Crippen LogP contribution in [0.3, 0.4) is 0 Å². The Kier molecular flexibility index (Phi) is 5.79. The van der Waals surface area contributed by atoms with Gasteiger partial charge in [-0.1, -0.05) is 24.6 Å². The third kappa shape index (κ3) is 4.26. The number of benzene rings is 1. The fourth-order valence-electron chi connectivity index (χ4n) is 4.60. The van der Waals surface area contributed by atoms with Crippen LogP contribution in [-0.4, -0.2) is 46.9 Å². The average Bonchev–Trinajstić information content (AvgIpc) is 3.06. The van der Waals surface area contributed by atoms with Crippen LogP contribution in [0.25, 0.3) is 0 Å². The predicted molar refractivity (Wildman–Crippen MR) is 110 cm³/mol. The summed E-state index contributed by atoms with van der Waals surface area (Å²) in [5.74, 6) is 0.858. The minimum absolute atomic E-state index is 0.00119. The average molecular weight is 393 g/mol. The van der Waals surface area contributed by atoms with E-state index in [9.17, 15) is 9.59 Å². The number of hydrogen-bond acceptors (Lipinski definition) is 4. The van der Waals surface area contributed by atoms with Gasteiger partial charge in [0, 0.05) is 18.7 Å². The third-order valence-electron chi connectivity index (χ3n) is 5.99. The largest absolute Gasteiger partial charge is 0.497 e. The number of pyridine rings is 1. The van der Waals surface area contributed by atoms with E-state index in [1.165, 1.54) is 0 Å². The molecule has 2 aliphatic heterocycles. The molecular weight excluding hydrogens is 366 g/mol. The predicted octanol–water partition coefficient (Wildman–Crippen LogP) is 2.97. The normalized spacial score (nSPS) is 24.2. The zero-order valence-electron chi connectivity index (χ0n) is 16.7. The second kappa shape index (κ2) is 8.64. The van der Waals surface area contributed by atoms with E-state index < -0.39 is 0 Å². The molecule has 0 bridgehead atoms. The molecule has 1 N–H and O–H groups in total. The van der Waals surface area contributed by atoms with Crippen molar-refractivity contribution in [1.82, 2.24) is 15.2 Å². The molecule has 0 aliphatic carbocycles. The Morgan fingerprint density at radius 3 is 2.76 bits per heavy atom. The van der Waals surface area contributed by atoms with Crippen LogP contribution in [-0.2, 0) is 11.2 Å². The number of hydrogen-bond donors (Lipinski definition) is 1. The summed E-state index contributed by atoms with van der Waals surface area (Å²) in [4.78, 5) is 31.9. The molecule has 4 rings (SSSR count). The summed E-state index contributed by atoms with van der Waals surface area (Å²) in [7, 11) is 1.65. The van der Waals surface area contributed by atoms with Gasteiger partial charge in [-0.3, -0.25) is 14.6 Å². The van der Waals surface area contributed by atoms with Crippen molar-refractivity contribution in [2.75, 3.05) is 7.11 Å². The number of nitrogens with one attached hydrogen (secondary N) is 1. The number of aromatic nitrogens is 1. The van der Waals surface area contributed by atoms with Crippen molar-refractivity contribution in [3.63, 3.8) is 0 Å². The number of rotatable bonds is 4. The van der Waals surface area contributed by atoms with Gasteiger partial charge in [0.25, 0.3) is 5.91 Å². The second-order valence-corrected chi connectivity index (χ2v) is 7.86. The lowest BCUT2D eigenvalue weighted by Crippen LogP contribution is -2.49. The fourth-order valence-corrected chi connectivity index (χ4v) is 4.60. The lowest BCUT2D eigenvalue weighted by Gasteiger charge is -2.33. The number of nitrogens with zero attached hydrogens (tertiary/aromatic N) is 2. The van der Waals surface area contributed by atoms with Crippen molar-refractivity contribution in [1.29, 1.82) is 0 Å². The van der Waals surface area contributed by atoms with E-state index in [4.69, 9.17) is 4.74 Å². The third-order valence-corrected chi connectivity index (χ3v) is 5.99. The highest BCUT2D eigenvalue weighted by molar-refractivity contribution is 5.93. The maximum Gasteiger partial charge on any atom is 0.273 e. The minimum atomic E-state index is -0.0496. The first kappa shape index (κ1) is 19.4. The standard InChI is InChI=1S/C23H27N3O3/c1-29-18-11-9-16(10-12-18)14-17-15-20-21(7-2-3-8-22(27)25-20)26(17)23(28)19-6-4-5-13-24-19/h4-6,9-13,17,20-21H,2-3,7-8,14-15H2,1H3,(H,25,27)/t17-,20+,21-/m1/s1. The summed E-state index contributed by atoms with van der Waals surface area (Å²) >= 11 is 0. The van der Waals surface area contributed by atoms with E-state index in [0.717, 1.165) is 43.4 Å². The zero-order valence-corrected chi connectivity index (χ0v) is 16.7. The molecule has 0 unspecified atom stereocenters. The van der Waals surface area contributed by atoms with Gasteiger partial charge in [0.05, 0.1) is 19.2 Å². The smallest absolute Gasteiger partial charge is 0.273 e. The van der Waals surface area contributed by atoms with Gasteiger partial charge in [-0.05, 0) is 55.5 Å². The molecule has 1 aromatic heterocycles. The molecule has 152 valence electrons. The van der Waals surface area contributed by atoms with Crippen LogP contribution in [0.1, 0.15) is 48.2 Å². The van der Waals surface area contributed by atoms with Crippen LogP contribution < -0.4 is 10.1 Å². The molecule has 0 saturated carbocycles. The van der Waals surface area contributed by atoms with Crippen LogP contribution in [0.15, 0.2) is 48.7 Å². The fraction of sp³-hybridized carbons (Fsp3) is 0.435. The Balaban J connectivity index is 1.62. The van der Waals surface area contributed by atoms with Gasteiger partial charge in [-0.25, -0.2) is 0 Å². The summed E-state index contributed by atoms with van der Waals surface area (Å²) in [5, 5.41) is 3.18. The Hall–Kier alpha value is -2.89. The number of fused-ring (bicyclic) bond motifs is 1. The molecule has 1 aromatic carbocycles. The molecule has 2 aromatic rings. The van der Waals surface area contributed by atoms with Crippen molar-refractivity contribution < 1.29 is 14.3 Å². The van der Waals surface area contributed by atoms with Crippen molar-refractivity contribution >= 4 is 11.8 Å². The Labute approximate surface area is 171 Å². The van der Waals surface area contributed by atoms with E-state index in [2.05, 4.69) is 10.3 Å². The van der Waals surface area contributed by atoms with E-state index >= 15 is 0 Å². The summed E-state index contributed by atoms with van der Waals surface area (Å²) < 4.78 is 5.25. The molecule has 2 saturated heterocycles. The number of methoxy groups -OCH3 is 1. The molecule has 3 heterocycles. The van der Waals surface area contributed by atoms with Gasteiger partial charge in [0.2, 0.25) is 5.91 Å². The first-order valence-electron chi connectivity index (χ1n) is 10.3. The number of likely N-dealkylation sites (tertiary alicyclic amines) is 1. The van der Waals surface area contributed by atoms with E-state index in [1.54, 1.807) is 19.4 Å². The molecule has 3 atom stereocenters. The first-order chi connectivity index (χ1) is 14.2. The zero-order chi connectivity index (χ0) is 20.2. The Bertz CT molecular complexity index is 853. The van der Waals surface area contributed by atoms with Crippen LogP contribution >= 0.6 is 0 Å². The molecule has 2 aliphatic rings. The molecule has 0 spiro atoms. The quantitative estimate of drug-likeness (QED) is 0.867. The summed E-state index contributed by atoms with van der Waals surface area (Å²) in [6.45, 7) is 0. The van der Waals surface area contributed by atoms with Crippen molar-refractivity contribution in [2.45, 2.75) is 56.7 Å². The number of carbonyl (C=O) groups excluding carboxylic acids is 2. The van der Waals surface area contributed by atoms with Gasteiger partial charge in [0.15, 0.2) is 0 Å². The highest BCUT2D eigenvalue weighted by Gasteiger charge is 2.44. The van der Waals surface area contributed by atoms with Gasteiger partial charge in [-0.15, -0.1) is 0 Å². The Morgan fingerprint density at radius 1 is 1.21 bits per heavy atom. The van der Waals surface area contributed by atoms with E-state index in [0.29, 0.717) is 12.1 Å². The maximum atomic E-state index is 13.4. The van der Waals surface area contributed by atoms with E-state index in [-0.39, 0.29) is 29.9 Å². The number of amides is 2. The molecule has 2 fully saturated rings. The Morgan fingerprint density at radius 2 is 2.03 bits per heavy atom. The van der Waals surface area contributed by atoms with Crippen molar-refractivity contribution in [3.8, 4) is 5.75 Å².